The monoisotopic (exact) mass is 687 g/mol. The normalized spacial score (nSPS) is 14.0. The van der Waals surface area contributed by atoms with Crippen LogP contribution in [-0.2, 0) is 19.5 Å². The van der Waals surface area contributed by atoms with E-state index in [-0.39, 0.29) is 28.8 Å². The Hall–Kier alpha value is -4.61. The third-order valence-electron chi connectivity index (χ3n) is 8.26. The van der Waals surface area contributed by atoms with Gasteiger partial charge >= 0.3 is 12.1 Å². The zero-order chi connectivity index (χ0) is 35.2. The van der Waals surface area contributed by atoms with Crippen molar-refractivity contribution in [2.24, 2.45) is 0 Å². The van der Waals surface area contributed by atoms with E-state index in [2.05, 4.69) is 15.7 Å². The number of benzene rings is 4. The zero-order valence-corrected chi connectivity index (χ0v) is 29.6. The second-order valence-electron chi connectivity index (χ2n) is 13.0. The van der Waals surface area contributed by atoms with Gasteiger partial charge in [-0.05, 0) is 105 Å². The van der Waals surface area contributed by atoms with Crippen LogP contribution in [0.15, 0.2) is 83.8 Å². The summed E-state index contributed by atoms with van der Waals surface area (Å²) < 4.78 is 46.4. The quantitative estimate of drug-likeness (QED) is 0.131. The van der Waals surface area contributed by atoms with E-state index in [1.807, 2.05) is 58.0 Å². The summed E-state index contributed by atoms with van der Waals surface area (Å²) in [5.74, 6) is -0.0664. The highest BCUT2D eigenvalue weighted by Crippen LogP contribution is 2.34. The molecule has 0 aromatic heterocycles. The third-order valence-corrected chi connectivity index (χ3v) is 9.64. The minimum atomic E-state index is -4.07. The molecule has 0 radical (unpaired) electrons. The number of fused-ring (bicyclic) bond motifs is 1. The fourth-order valence-electron chi connectivity index (χ4n) is 5.76. The predicted octanol–water partition coefficient (Wildman–Crippen LogP) is 7.11. The summed E-state index contributed by atoms with van der Waals surface area (Å²) in [6.07, 6.45) is 0.497. The Morgan fingerprint density at radius 2 is 1.57 bits per heavy atom. The van der Waals surface area contributed by atoms with E-state index in [1.165, 1.54) is 12.1 Å². The lowest BCUT2D eigenvalue weighted by Gasteiger charge is -2.35. The Kier molecular flexibility index (Phi) is 11.1. The molecule has 1 aliphatic rings. The lowest BCUT2D eigenvalue weighted by atomic mass is 9.94. The van der Waals surface area contributed by atoms with Crippen molar-refractivity contribution in [1.29, 1.82) is 0 Å². The smallest absolute Gasteiger partial charge is 0.410 e. The van der Waals surface area contributed by atoms with Gasteiger partial charge in [0.25, 0.3) is 10.0 Å². The fraction of sp³-hybridized carbons (Fsp3) is 0.368. The van der Waals surface area contributed by atoms with Crippen LogP contribution in [0.4, 0.5) is 10.5 Å². The first-order valence-corrected chi connectivity index (χ1v) is 18.1. The second kappa shape index (κ2) is 15.3. The number of nitrogens with one attached hydrogen (secondary N) is 1. The van der Waals surface area contributed by atoms with E-state index in [1.54, 1.807) is 42.2 Å². The number of carbonyl (C=O) groups is 2. The Morgan fingerprint density at radius 3 is 2.24 bits per heavy atom. The standard InChI is InChI=1S/C38H45N3O7S/c1-6-46-36(42)34-19-13-28(32-18-12-27(2)31-10-7-8-11-33(31)32)26-35(34)39-49(44,45)30-16-14-29(15-17-30)47-25-9-20-40-21-23-41(24-22-40)37(43)48-38(3,4)5/h7-8,10-19,26,39H,6,9,20-25H2,1-5H3. The molecule has 11 heteroatoms. The number of hydrogen-bond acceptors (Lipinski definition) is 8. The Morgan fingerprint density at radius 1 is 0.878 bits per heavy atom. The highest BCUT2D eigenvalue weighted by atomic mass is 32.2. The third kappa shape index (κ3) is 9.10. The number of piperazine rings is 1. The molecule has 5 rings (SSSR count). The minimum absolute atomic E-state index is 0.0312. The lowest BCUT2D eigenvalue weighted by molar-refractivity contribution is 0.0141. The van der Waals surface area contributed by atoms with Crippen molar-refractivity contribution in [3.63, 3.8) is 0 Å². The Balaban J connectivity index is 1.22. The van der Waals surface area contributed by atoms with Crippen molar-refractivity contribution in [2.45, 2.75) is 51.5 Å². The number of hydrogen-bond donors (Lipinski definition) is 1. The van der Waals surface area contributed by atoms with Gasteiger partial charge in [-0.25, -0.2) is 18.0 Å². The van der Waals surface area contributed by atoms with E-state index in [9.17, 15) is 18.0 Å². The van der Waals surface area contributed by atoms with Crippen molar-refractivity contribution < 1.29 is 32.2 Å². The molecule has 0 saturated carbocycles. The first-order valence-electron chi connectivity index (χ1n) is 16.6. The van der Waals surface area contributed by atoms with Crippen LogP contribution in [-0.4, -0.2) is 81.8 Å². The van der Waals surface area contributed by atoms with E-state index < -0.39 is 21.6 Å². The molecule has 49 heavy (non-hydrogen) atoms. The van der Waals surface area contributed by atoms with Crippen LogP contribution in [0.1, 0.15) is 50.0 Å². The average Bonchev–Trinajstić information content (AvgIpc) is 3.06. The van der Waals surface area contributed by atoms with Crippen molar-refractivity contribution in [3.05, 3.63) is 90.0 Å². The van der Waals surface area contributed by atoms with Crippen LogP contribution in [0.2, 0.25) is 0 Å². The number of nitrogens with zero attached hydrogens (tertiary/aromatic N) is 2. The maximum Gasteiger partial charge on any atom is 0.410 e. The molecular weight excluding hydrogens is 642 g/mol. The molecule has 1 heterocycles. The molecule has 1 N–H and O–H groups in total. The maximum atomic E-state index is 13.6. The Labute approximate surface area is 289 Å². The summed E-state index contributed by atoms with van der Waals surface area (Å²) in [5, 5.41) is 2.12. The van der Waals surface area contributed by atoms with Gasteiger partial charge in [-0.15, -0.1) is 0 Å². The first-order chi connectivity index (χ1) is 23.3. The van der Waals surface area contributed by atoms with Gasteiger partial charge in [0.1, 0.15) is 11.4 Å². The molecule has 4 aromatic rings. The van der Waals surface area contributed by atoms with Crippen LogP contribution in [0.3, 0.4) is 0 Å². The van der Waals surface area contributed by atoms with Crippen molar-refractivity contribution >= 4 is 38.5 Å². The number of ether oxygens (including phenoxy) is 3. The number of rotatable bonds is 11. The molecule has 1 fully saturated rings. The number of amides is 1. The van der Waals surface area contributed by atoms with E-state index in [4.69, 9.17) is 14.2 Å². The SMILES string of the molecule is CCOC(=O)c1ccc(-c2ccc(C)c3ccccc23)cc1NS(=O)(=O)c1ccc(OCCCN2CCN(C(=O)OC(C)(C)C)CC2)cc1. The van der Waals surface area contributed by atoms with Crippen molar-refractivity contribution in [3.8, 4) is 16.9 Å². The summed E-state index contributed by atoms with van der Waals surface area (Å²) in [5.41, 5.74) is 2.55. The molecule has 0 unspecified atom stereocenters. The van der Waals surface area contributed by atoms with Gasteiger partial charge in [0.05, 0.1) is 29.4 Å². The number of esters is 1. The molecule has 1 aliphatic heterocycles. The molecule has 0 aliphatic carbocycles. The first kappa shape index (κ1) is 35.7. The molecule has 1 amide bonds. The minimum Gasteiger partial charge on any atom is -0.494 e. The molecule has 260 valence electrons. The van der Waals surface area contributed by atoms with E-state index in [0.717, 1.165) is 53.5 Å². The maximum absolute atomic E-state index is 13.6. The highest BCUT2D eigenvalue weighted by Gasteiger charge is 2.26. The largest absolute Gasteiger partial charge is 0.494 e. The summed E-state index contributed by atoms with van der Waals surface area (Å²) in [6.45, 7) is 13.5. The van der Waals surface area contributed by atoms with Crippen LogP contribution < -0.4 is 9.46 Å². The summed E-state index contributed by atoms with van der Waals surface area (Å²) >= 11 is 0. The summed E-state index contributed by atoms with van der Waals surface area (Å²) in [6, 6.07) is 23.3. The van der Waals surface area contributed by atoms with E-state index >= 15 is 0 Å². The zero-order valence-electron chi connectivity index (χ0n) is 28.8. The van der Waals surface area contributed by atoms with Gasteiger partial charge in [-0.3, -0.25) is 9.62 Å². The van der Waals surface area contributed by atoms with Gasteiger partial charge in [0, 0.05) is 32.7 Å². The topological polar surface area (TPSA) is 114 Å². The van der Waals surface area contributed by atoms with E-state index in [0.29, 0.717) is 25.4 Å². The summed E-state index contributed by atoms with van der Waals surface area (Å²) in [4.78, 5) is 29.2. The van der Waals surface area contributed by atoms with Gasteiger partial charge < -0.3 is 19.1 Å². The molecule has 4 aromatic carbocycles. The van der Waals surface area contributed by atoms with Crippen molar-refractivity contribution in [2.75, 3.05) is 50.7 Å². The Bertz CT molecular complexity index is 1900. The molecular formula is C38H45N3O7S. The average molecular weight is 688 g/mol. The molecule has 0 spiro atoms. The predicted molar refractivity (Wildman–Crippen MR) is 192 cm³/mol. The highest BCUT2D eigenvalue weighted by molar-refractivity contribution is 7.92. The van der Waals surface area contributed by atoms with Crippen molar-refractivity contribution in [1.82, 2.24) is 9.80 Å². The number of carbonyl (C=O) groups excluding carboxylic acids is 2. The fourth-order valence-corrected chi connectivity index (χ4v) is 6.83. The van der Waals surface area contributed by atoms with Gasteiger partial charge in [0.2, 0.25) is 0 Å². The van der Waals surface area contributed by atoms with Crippen LogP contribution >= 0.6 is 0 Å². The molecule has 1 saturated heterocycles. The van der Waals surface area contributed by atoms with Gasteiger partial charge in [-0.1, -0.05) is 42.5 Å². The van der Waals surface area contributed by atoms with Crippen LogP contribution in [0, 0.1) is 6.92 Å². The van der Waals surface area contributed by atoms with Crippen LogP contribution in [0.5, 0.6) is 5.75 Å². The lowest BCUT2D eigenvalue weighted by Crippen LogP contribution is -2.50. The molecule has 0 atom stereocenters. The number of anilines is 1. The summed E-state index contributed by atoms with van der Waals surface area (Å²) in [7, 11) is -4.07. The second-order valence-corrected chi connectivity index (χ2v) is 14.7. The van der Waals surface area contributed by atoms with Crippen LogP contribution in [0.25, 0.3) is 21.9 Å². The molecule has 10 nitrogen and oxygen atoms in total. The number of aryl methyl sites for hydroxylation is 1. The van der Waals surface area contributed by atoms with Gasteiger partial charge in [-0.2, -0.15) is 0 Å². The molecule has 0 bridgehead atoms. The number of sulfonamides is 1. The van der Waals surface area contributed by atoms with Gasteiger partial charge in [0.15, 0.2) is 0 Å².